The number of aryl methyl sites for hydroxylation is 4. The van der Waals surface area contributed by atoms with E-state index in [1.165, 1.54) is 58.5 Å². The summed E-state index contributed by atoms with van der Waals surface area (Å²) in [7, 11) is -13.9. The van der Waals surface area contributed by atoms with Gasteiger partial charge in [0, 0.05) is 21.8 Å². The molecule has 2 saturated heterocycles. The number of phenols is 2. The highest BCUT2D eigenvalue weighted by Gasteiger charge is 2.85. The highest BCUT2D eigenvalue weighted by molar-refractivity contribution is 7.97. The van der Waals surface area contributed by atoms with Crippen LogP contribution in [0.2, 0.25) is 0 Å². The Hall–Kier alpha value is -2.70. The van der Waals surface area contributed by atoms with Gasteiger partial charge in [0.2, 0.25) is 0 Å². The van der Waals surface area contributed by atoms with Gasteiger partial charge in [0.15, 0.2) is 30.0 Å². The summed E-state index contributed by atoms with van der Waals surface area (Å²) >= 11 is 0. The molecule has 62 heavy (non-hydrogen) atoms. The molecule has 0 bridgehead atoms. The molecule has 4 rings (SSSR count). The third-order valence-electron chi connectivity index (χ3n) is 8.52. The minimum Gasteiger partial charge on any atom is -0.743 e. The quantitative estimate of drug-likeness (QED) is 0.151. The monoisotopic (exact) mass is 1020 g/mol. The zero-order valence-electron chi connectivity index (χ0n) is 31.7. The van der Waals surface area contributed by atoms with Gasteiger partial charge in [-0.3, -0.25) is 0 Å². The molecule has 8 nitrogen and oxygen atoms in total. The van der Waals surface area contributed by atoms with E-state index in [1.807, 2.05) is 27.7 Å². The van der Waals surface area contributed by atoms with E-state index in [4.69, 9.17) is 0 Å². The minimum absolute atomic E-state index is 0.469. The van der Waals surface area contributed by atoms with Crippen LogP contribution in [0.5, 0.6) is 11.5 Å². The van der Waals surface area contributed by atoms with Crippen LogP contribution in [0.15, 0.2) is 34.1 Å². The van der Waals surface area contributed by atoms with Crippen molar-refractivity contribution in [3.8, 4) is 11.5 Å². The highest BCUT2D eigenvalue weighted by atomic mass is 32.2. The van der Waals surface area contributed by atoms with Gasteiger partial charge in [0.1, 0.15) is 34.5 Å². The minimum atomic E-state index is -7.43. The average Bonchev–Trinajstić information content (AvgIpc) is 3.84. The number of alkyl halides is 18. The van der Waals surface area contributed by atoms with Crippen LogP contribution in [0.4, 0.5) is 79.0 Å². The highest BCUT2D eigenvalue weighted by Crippen LogP contribution is 2.55. The molecule has 0 atom stereocenters. The van der Waals surface area contributed by atoms with Gasteiger partial charge in [-0.05, 0) is 99.9 Å². The van der Waals surface area contributed by atoms with Gasteiger partial charge in [0.25, 0.3) is 0 Å². The lowest BCUT2D eigenvalue weighted by atomic mass is 10.1. The normalized spacial score (nSPS) is 16.8. The predicted octanol–water partition coefficient (Wildman–Crippen LogP) is 9.47. The van der Waals surface area contributed by atoms with E-state index >= 15 is 0 Å². The summed E-state index contributed by atoms with van der Waals surface area (Å²) < 4.78 is 271. The fraction of sp³-hybridized carbons (Fsp3) is 0.625. The fourth-order valence-corrected chi connectivity index (χ4v) is 10.8. The Morgan fingerprint density at radius 2 is 0.629 bits per heavy atom. The van der Waals surface area contributed by atoms with Crippen LogP contribution in [0, 0.1) is 27.7 Å². The van der Waals surface area contributed by atoms with Crippen LogP contribution in [0.3, 0.4) is 0 Å². The molecule has 0 radical (unpaired) electrons. The van der Waals surface area contributed by atoms with Gasteiger partial charge >= 0.3 is 46.6 Å². The lowest BCUT2D eigenvalue weighted by Gasteiger charge is -2.34. The number of phenolic OH excluding ortho intramolecular Hbond substituents is 2. The van der Waals surface area contributed by atoms with Gasteiger partial charge in [0.05, 0.1) is 0 Å². The van der Waals surface area contributed by atoms with Gasteiger partial charge in [-0.25, -0.2) is 16.8 Å². The van der Waals surface area contributed by atoms with Crippen LogP contribution in [-0.4, -0.2) is 106 Å². The number of hydrogen-bond donors (Lipinski definition) is 2. The lowest BCUT2D eigenvalue weighted by Crippen LogP contribution is -2.63. The first-order valence-corrected chi connectivity index (χ1v) is 22.6. The molecule has 2 aliphatic rings. The molecule has 30 heteroatoms. The number of hydrogen-bond acceptors (Lipinski definition) is 8. The van der Waals surface area contributed by atoms with Crippen molar-refractivity contribution >= 4 is 42.0 Å². The van der Waals surface area contributed by atoms with Gasteiger partial charge in [-0.15, -0.1) is 0 Å². The van der Waals surface area contributed by atoms with Crippen LogP contribution < -0.4 is 0 Å². The standard InChI is InChI=1S/2C12H16OS.2C4HF9O3S/c2*1-9-7-11(8-10(2)12(9)13)14-5-3-4-6-14;2*5-1(6,3(9,10)11)2(7,8)4(12,13)17(14,15)16/h2*7-8H,3-6H2,1-2H3;2*(H,14,15,16). The zero-order chi connectivity index (χ0) is 49.3. The first-order chi connectivity index (χ1) is 27.4. The van der Waals surface area contributed by atoms with Crippen LogP contribution in [0.1, 0.15) is 47.9 Å². The molecule has 2 heterocycles. The molecule has 2 aromatic rings. The van der Waals surface area contributed by atoms with Crippen molar-refractivity contribution < 1.29 is 115 Å². The Morgan fingerprint density at radius 1 is 0.435 bits per heavy atom. The second-order valence-corrected chi connectivity index (χ2v) is 20.7. The first-order valence-electron chi connectivity index (χ1n) is 16.6. The third kappa shape index (κ3) is 11.9. The molecule has 360 valence electrons. The lowest BCUT2D eigenvalue weighted by molar-refractivity contribution is -0.382. The molecular formula is C32H34F18O8S4. The maximum Gasteiger partial charge on any atom is 0.460 e. The second kappa shape index (κ2) is 19.4. The average molecular weight is 1020 g/mol. The first kappa shape index (κ1) is 57.3. The molecule has 2 fully saturated rings. The predicted molar refractivity (Wildman–Crippen MR) is 186 cm³/mol. The Bertz CT molecular complexity index is 1890. The van der Waals surface area contributed by atoms with Crippen molar-refractivity contribution in [2.24, 2.45) is 0 Å². The van der Waals surface area contributed by atoms with E-state index < -0.39 is 66.8 Å². The summed E-state index contributed by atoms with van der Waals surface area (Å²) in [5.41, 5.74) is 4.11. The van der Waals surface area contributed by atoms with Crippen molar-refractivity contribution in [2.75, 3.05) is 23.0 Å². The second-order valence-electron chi connectivity index (χ2n) is 13.3. The molecule has 0 spiro atoms. The van der Waals surface area contributed by atoms with Crippen LogP contribution in [0.25, 0.3) is 0 Å². The van der Waals surface area contributed by atoms with E-state index in [-0.39, 0.29) is 0 Å². The maximum absolute atomic E-state index is 12.2. The molecule has 2 aliphatic heterocycles. The summed E-state index contributed by atoms with van der Waals surface area (Å²) in [4.78, 5) is 2.91. The molecule has 0 amide bonds. The van der Waals surface area contributed by atoms with E-state index in [0.717, 1.165) is 22.3 Å². The van der Waals surface area contributed by atoms with Crippen molar-refractivity contribution in [1.82, 2.24) is 0 Å². The molecule has 0 saturated carbocycles. The van der Waals surface area contributed by atoms with E-state index in [1.54, 1.807) is 0 Å². The SMILES string of the molecule is Cc1cc([S+]2CCCC2)cc(C)c1O.Cc1cc([S+]2CCCC2)cc(C)c1O.O=S(=O)([O-])C(F)(F)C(F)(F)C(F)(F)C(F)(F)F.O=S(=O)([O-])C(F)(F)C(F)(F)C(F)(F)C(F)(F)F. The number of benzene rings is 2. The fourth-order valence-electron chi connectivity index (χ4n) is 4.98. The zero-order valence-corrected chi connectivity index (χ0v) is 35.0. The molecule has 2 N–H and O–H groups in total. The number of aromatic hydroxyl groups is 2. The van der Waals surface area contributed by atoms with Crippen LogP contribution in [-0.2, 0) is 42.0 Å². The third-order valence-corrected chi connectivity index (χ3v) is 15.2. The number of rotatable bonds is 8. The molecule has 2 aromatic carbocycles. The van der Waals surface area contributed by atoms with Gasteiger partial charge < -0.3 is 19.3 Å². The Balaban J connectivity index is 0.000000414. The Labute approximate surface area is 347 Å². The summed E-state index contributed by atoms with van der Waals surface area (Å²) in [6.45, 7) is 7.97. The van der Waals surface area contributed by atoms with Crippen molar-refractivity contribution in [2.45, 2.75) is 110 Å². The van der Waals surface area contributed by atoms with Crippen molar-refractivity contribution in [3.63, 3.8) is 0 Å². The molecule has 0 unspecified atom stereocenters. The van der Waals surface area contributed by atoms with E-state index in [9.17, 15) is 115 Å². The summed E-state index contributed by atoms with van der Waals surface area (Å²) in [6, 6.07) is 8.65. The topological polar surface area (TPSA) is 155 Å². The Morgan fingerprint density at radius 3 is 0.790 bits per heavy atom. The molecule has 0 aromatic heterocycles. The molecule has 0 aliphatic carbocycles. The summed E-state index contributed by atoms with van der Waals surface area (Å²) in [6.07, 6.45) is -8.82. The smallest absolute Gasteiger partial charge is 0.460 e. The van der Waals surface area contributed by atoms with Gasteiger partial charge in [-0.1, -0.05) is 0 Å². The van der Waals surface area contributed by atoms with Crippen molar-refractivity contribution in [1.29, 1.82) is 0 Å². The largest absolute Gasteiger partial charge is 0.743 e. The van der Waals surface area contributed by atoms with Gasteiger partial charge in [-0.2, -0.15) is 79.0 Å². The summed E-state index contributed by atoms with van der Waals surface area (Å²) in [5.74, 6) is -23.3. The summed E-state index contributed by atoms with van der Waals surface area (Å²) in [5, 5.41) is 5.13. The Kier molecular flexibility index (Phi) is 17.9. The van der Waals surface area contributed by atoms with Crippen molar-refractivity contribution in [3.05, 3.63) is 46.5 Å². The number of halogens is 18. The van der Waals surface area contributed by atoms with Crippen LogP contribution >= 0.6 is 0 Å². The maximum atomic E-state index is 12.2. The van der Waals surface area contributed by atoms with E-state index in [0.29, 0.717) is 33.3 Å². The van der Waals surface area contributed by atoms with E-state index in [2.05, 4.69) is 24.3 Å². The molecular weight excluding hydrogens is 983 g/mol.